The second kappa shape index (κ2) is 5.71. The highest BCUT2D eigenvalue weighted by Gasteiger charge is 2.17. The Morgan fingerprint density at radius 1 is 1.39 bits per heavy atom. The second-order valence-electron chi connectivity index (χ2n) is 3.36. The molecule has 2 N–H and O–H groups in total. The molecule has 0 aliphatic carbocycles. The minimum absolute atomic E-state index is 0.170. The molecule has 7 nitrogen and oxygen atoms in total. The first-order valence-corrected chi connectivity index (χ1v) is 4.85. The Hall–Kier alpha value is -2.51. The normalized spacial score (nSPS) is 9.83. The summed E-state index contributed by atoms with van der Waals surface area (Å²) in [4.78, 5) is 31.3. The van der Waals surface area contributed by atoms with Crippen molar-refractivity contribution < 1.29 is 24.0 Å². The lowest BCUT2D eigenvalue weighted by molar-refractivity contribution is -0.384. The monoisotopic (exact) mass is 256 g/mol. The number of carboxylic acids is 1. The van der Waals surface area contributed by atoms with E-state index >= 15 is 0 Å². The zero-order chi connectivity index (χ0) is 13.7. The fourth-order valence-corrected chi connectivity index (χ4v) is 1.19. The number of nitro benzene ring substituents is 1. The van der Waals surface area contributed by atoms with E-state index in [9.17, 15) is 24.1 Å². The van der Waals surface area contributed by atoms with Gasteiger partial charge in [-0.15, -0.1) is 0 Å². The van der Waals surface area contributed by atoms with Crippen LogP contribution in [0.2, 0.25) is 0 Å². The summed E-state index contributed by atoms with van der Waals surface area (Å²) >= 11 is 0. The molecule has 0 radical (unpaired) electrons. The van der Waals surface area contributed by atoms with Crippen LogP contribution in [0.4, 0.5) is 15.8 Å². The maximum Gasteiger partial charge on any atom is 0.303 e. The molecule has 0 fully saturated rings. The highest BCUT2D eigenvalue weighted by atomic mass is 19.1. The first kappa shape index (κ1) is 13.6. The summed E-state index contributed by atoms with van der Waals surface area (Å²) < 4.78 is 12.8. The summed E-state index contributed by atoms with van der Waals surface area (Å²) in [5.74, 6) is -2.64. The Balaban J connectivity index is 2.81. The van der Waals surface area contributed by atoms with Crippen LogP contribution in [0.5, 0.6) is 0 Å². The number of benzene rings is 1. The van der Waals surface area contributed by atoms with E-state index in [0.29, 0.717) is 6.07 Å². The van der Waals surface area contributed by atoms with Crippen molar-refractivity contribution in [2.24, 2.45) is 0 Å². The van der Waals surface area contributed by atoms with Gasteiger partial charge in [-0.25, -0.2) is 4.39 Å². The number of hydrogen-bond acceptors (Lipinski definition) is 4. The van der Waals surface area contributed by atoms with E-state index in [1.54, 1.807) is 0 Å². The minimum Gasteiger partial charge on any atom is -0.481 e. The predicted octanol–water partition coefficient (Wildman–Crippen LogP) is 1.54. The van der Waals surface area contributed by atoms with Crippen LogP contribution < -0.4 is 5.32 Å². The Morgan fingerprint density at radius 2 is 2.06 bits per heavy atom. The highest BCUT2D eigenvalue weighted by molar-refractivity contribution is 5.94. The number of anilines is 1. The summed E-state index contributed by atoms with van der Waals surface area (Å²) in [7, 11) is 0. The Labute approximate surface area is 100 Å². The molecule has 1 aromatic rings. The molecule has 8 heteroatoms. The molecule has 1 aromatic carbocycles. The van der Waals surface area contributed by atoms with Crippen molar-refractivity contribution in [2.75, 3.05) is 5.32 Å². The molecule has 18 heavy (non-hydrogen) atoms. The molecule has 0 atom stereocenters. The van der Waals surface area contributed by atoms with Crippen LogP contribution in [-0.4, -0.2) is 21.9 Å². The average molecular weight is 256 g/mol. The number of nitro groups is 1. The number of rotatable bonds is 5. The Morgan fingerprint density at radius 3 is 2.61 bits per heavy atom. The lowest BCUT2D eigenvalue weighted by Crippen LogP contribution is -2.14. The first-order valence-electron chi connectivity index (χ1n) is 4.85. The maximum atomic E-state index is 12.8. The third-order valence-corrected chi connectivity index (χ3v) is 2.00. The van der Waals surface area contributed by atoms with Gasteiger partial charge in [0.05, 0.1) is 17.4 Å². The van der Waals surface area contributed by atoms with Gasteiger partial charge < -0.3 is 10.4 Å². The van der Waals surface area contributed by atoms with Crippen molar-refractivity contribution in [3.8, 4) is 0 Å². The standard InChI is InChI=1S/C10H9FN2O5/c11-6-1-2-7(8(5-6)13(17)18)12-9(14)3-4-10(15)16/h1-2,5H,3-4H2,(H,12,14)(H,15,16). The molecule has 0 aromatic heterocycles. The number of hydrogen-bond donors (Lipinski definition) is 2. The molecular weight excluding hydrogens is 247 g/mol. The van der Waals surface area contributed by atoms with Crippen LogP contribution in [0, 0.1) is 15.9 Å². The van der Waals surface area contributed by atoms with Gasteiger partial charge in [-0.1, -0.05) is 0 Å². The zero-order valence-corrected chi connectivity index (χ0v) is 9.05. The Kier molecular flexibility index (Phi) is 4.30. The smallest absolute Gasteiger partial charge is 0.303 e. The SMILES string of the molecule is O=C(O)CCC(=O)Nc1ccc(F)cc1[N+](=O)[O-]. The van der Waals surface area contributed by atoms with E-state index < -0.39 is 28.3 Å². The molecule has 96 valence electrons. The zero-order valence-electron chi connectivity index (χ0n) is 9.05. The van der Waals surface area contributed by atoms with Gasteiger partial charge in [0.2, 0.25) is 5.91 Å². The van der Waals surface area contributed by atoms with Gasteiger partial charge in [-0.05, 0) is 12.1 Å². The molecule has 0 saturated heterocycles. The first-order chi connectivity index (χ1) is 8.40. The van der Waals surface area contributed by atoms with E-state index in [1.807, 2.05) is 0 Å². The molecule has 0 aliphatic heterocycles. The van der Waals surface area contributed by atoms with Crippen LogP contribution in [0.1, 0.15) is 12.8 Å². The minimum atomic E-state index is -1.15. The fraction of sp³-hybridized carbons (Fsp3) is 0.200. The Bertz CT molecular complexity index is 503. The molecule has 0 aliphatic rings. The molecule has 0 saturated carbocycles. The fourth-order valence-electron chi connectivity index (χ4n) is 1.19. The number of aliphatic carboxylic acids is 1. The number of halogens is 1. The van der Waals surface area contributed by atoms with Crippen molar-refractivity contribution in [3.63, 3.8) is 0 Å². The number of carboxylic acid groups (broad SMARTS) is 1. The van der Waals surface area contributed by atoms with Crippen molar-refractivity contribution in [3.05, 3.63) is 34.1 Å². The van der Waals surface area contributed by atoms with Crippen LogP contribution in [0.3, 0.4) is 0 Å². The van der Waals surface area contributed by atoms with E-state index in [2.05, 4.69) is 5.32 Å². The van der Waals surface area contributed by atoms with Crippen LogP contribution in [0.15, 0.2) is 18.2 Å². The van der Waals surface area contributed by atoms with Gasteiger partial charge in [-0.3, -0.25) is 19.7 Å². The lowest BCUT2D eigenvalue weighted by atomic mass is 10.2. The van der Waals surface area contributed by atoms with E-state index in [1.165, 1.54) is 0 Å². The topological polar surface area (TPSA) is 110 Å². The largest absolute Gasteiger partial charge is 0.481 e. The number of carbonyl (C=O) groups excluding carboxylic acids is 1. The number of nitrogens with zero attached hydrogens (tertiary/aromatic N) is 1. The number of amides is 1. The average Bonchev–Trinajstić information content (AvgIpc) is 2.28. The number of nitrogens with one attached hydrogen (secondary N) is 1. The maximum absolute atomic E-state index is 12.8. The van der Waals surface area contributed by atoms with Crippen molar-refractivity contribution in [1.82, 2.24) is 0 Å². The van der Waals surface area contributed by atoms with Gasteiger partial charge in [0.1, 0.15) is 11.5 Å². The summed E-state index contributed by atoms with van der Waals surface area (Å²) in [5, 5.41) is 21.1. The number of carbonyl (C=O) groups is 2. The molecule has 0 unspecified atom stereocenters. The molecule has 1 amide bonds. The van der Waals surface area contributed by atoms with Gasteiger partial charge in [0, 0.05) is 6.42 Å². The molecule has 0 spiro atoms. The van der Waals surface area contributed by atoms with Crippen molar-refractivity contribution in [1.29, 1.82) is 0 Å². The van der Waals surface area contributed by atoms with E-state index in [0.717, 1.165) is 12.1 Å². The third-order valence-electron chi connectivity index (χ3n) is 2.00. The summed E-state index contributed by atoms with van der Waals surface area (Å²) in [6.45, 7) is 0. The van der Waals surface area contributed by atoms with Crippen LogP contribution in [-0.2, 0) is 9.59 Å². The third kappa shape index (κ3) is 3.81. The predicted molar refractivity (Wildman–Crippen MR) is 58.6 cm³/mol. The van der Waals surface area contributed by atoms with Crippen molar-refractivity contribution in [2.45, 2.75) is 12.8 Å². The van der Waals surface area contributed by atoms with E-state index in [4.69, 9.17) is 5.11 Å². The lowest BCUT2D eigenvalue weighted by Gasteiger charge is -2.05. The van der Waals surface area contributed by atoms with Gasteiger partial charge >= 0.3 is 5.97 Å². The van der Waals surface area contributed by atoms with Crippen LogP contribution in [0.25, 0.3) is 0 Å². The molecular formula is C10H9FN2O5. The summed E-state index contributed by atoms with van der Waals surface area (Å²) in [5.41, 5.74) is -0.754. The molecule has 1 rings (SSSR count). The van der Waals surface area contributed by atoms with E-state index in [-0.39, 0.29) is 18.5 Å². The van der Waals surface area contributed by atoms with Gasteiger partial charge in [-0.2, -0.15) is 0 Å². The van der Waals surface area contributed by atoms with Crippen LogP contribution >= 0.6 is 0 Å². The van der Waals surface area contributed by atoms with Crippen molar-refractivity contribution >= 4 is 23.3 Å². The second-order valence-corrected chi connectivity index (χ2v) is 3.36. The molecule has 0 heterocycles. The van der Waals surface area contributed by atoms with Gasteiger partial charge in [0.25, 0.3) is 5.69 Å². The summed E-state index contributed by atoms with van der Waals surface area (Å²) in [6.07, 6.45) is -0.704. The molecule has 0 bridgehead atoms. The van der Waals surface area contributed by atoms with Gasteiger partial charge in [0.15, 0.2) is 0 Å². The summed E-state index contributed by atoms with van der Waals surface area (Å²) in [6, 6.07) is 2.68. The quantitative estimate of drug-likeness (QED) is 0.613. The highest BCUT2D eigenvalue weighted by Crippen LogP contribution is 2.25.